The van der Waals surface area contributed by atoms with E-state index in [2.05, 4.69) is 28.5 Å². The zero-order chi connectivity index (χ0) is 25.4. The van der Waals surface area contributed by atoms with Crippen molar-refractivity contribution in [1.29, 1.82) is 0 Å². The van der Waals surface area contributed by atoms with Crippen LogP contribution in [0.1, 0.15) is 37.3 Å². The Balaban J connectivity index is 1.64. The van der Waals surface area contributed by atoms with E-state index in [0.29, 0.717) is 40.2 Å². The molecule has 0 aliphatic carbocycles. The maximum Gasteiger partial charge on any atom is 0.417 e. The van der Waals surface area contributed by atoms with Crippen LogP contribution in [0.25, 0.3) is 38.6 Å². The number of fused-ring (bicyclic) bond motifs is 3. The molecule has 0 radical (unpaired) electrons. The highest BCUT2D eigenvalue weighted by atomic mass is 19.4. The summed E-state index contributed by atoms with van der Waals surface area (Å²) in [5.74, 6) is 1.08. The molecule has 0 saturated carbocycles. The van der Waals surface area contributed by atoms with Gasteiger partial charge in [-0.1, -0.05) is 31.7 Å². The molecule has 0 amide bonds. The smallest absolute Gasteiger partial charge is 0.417 e. The molecule has 0 spiro atoms. The van der Waals surface area contributed by atoms with E-state index in [1.165, 1.54) is 6.07 Å². The van der Waals surface area contributed by atoms with Gasteiger partial charge < -0.3 is 14.6 Å². The molecule has 4 nitrogen and oxygen atoms in total. The number of nitrogens with zero attached hydrogens (tertiary/aromatic N) is 2. The van der Waals surface area contributed by atoms with Crippen LogP contribution in [0.15, 0.2) is 55.2 Å². The Morgan fingerprint density at radius 1 is 1.17 bits per heavy atom. The molecule has 1 aliphatic rings. The first-order chi connectivity index (χ1) is 17.2. The molecule has 1 saturated heterocycles. The highest BCUT2D eigenvalue weighted by Crippen LogP contribution is 2.41. The van der Waals surface area contributed by atoms with Gasteiger partial charge in [0.05, 0.1) is 17.7 Å². The molecule has 1 N–H and O–H groups in total. The number of rotatable bonds is 6. The van der Waals surface area contributed by atoms with Crippen molar-refractivity contribution in [3.63, 3.8) is 0 Å². The average molecular weight is 494 g/mol. The topological polar surface area (TPSA) is 41.1 Å². The lowest BCUT2D eigenvalue weighted by Gasteiger charge is -2.28. The minimum Gasteiger partial charge on any atom is -0.491 e. The molecule has 2 aromatic heterocycles. The zero-order valence-electron chi connectivity index (χ0n) is 20.6. The molecule has 188 valence electrons. The van der Waals surface area contributed by atoms with Crippen LogP contribution in [0.2, 0.25) is 0 Å². The summed E-state index contributed by atoms with van der Waals surface area (Å²) in [4.78, 5) is 9.69. The Hall–Kier alpha value is -3.32. The van der Waals surface area contributed by atoms with Crippen molar-refractivity contribution in [2.75, 3.05) is 26.7 Å². The number of piperidine rings is 1. The molecule has 0 atom stereocenters. The first-order valence-corrected chi connectivity index (χ1v) is 12.4. The van der Waals surface area contributed by atoms with Crippen LogP contribution in [0.3, 0.4) is 0 Å². The normalized spacial score (nSPS) is 15.6. The van der Waals surface area contributed by atoms with Crippen LogP contribution in [-0.2, 0) is 6.18 Å². The largest absolute Gasteiger partial charge is 0.491 e. The number of alkyl halides is 3. The lowest BCUT2D eigenvalue weighted by atomic mass is 9.95. The second-order valence-electron chi connectivity index (χ2n) is 9.70. The predicted molar refractivity (Wildman–Crippen MR) is 139 cm³/mol. The summed E-state index contributed by atoms with van der Waals surface area (Å²) in [6.45, 7) is 8.85. The van der Waals surface area contributed by atoms with E-state index < -0.39 is 11.7 Å². The molecule has 0 unspecified atom stereocenters. The van der Waals surface area contributed by atoms with Crippen LogP contribution < -0.4 is 4.74 Å². The van der Waals surface area contributed by atoms with E-state index in [9.17, 15) is 13.2 Å². The average Bonchev–Trinajstić information content (AvgIpc) is 3.26. The maximum atomic E-state index is 13.6. The summed E-state index contributed by atoms with van der Waals surface area (Å²) in [7, 11) is 2.12. The van der Waals surface area contributed by atoms with Crippen molar-refractivity contribution in [3.8, 4) is 16.9 Å². The van der Waals surface area contributed by atoms with Crippen molar-refractivity contribution < 1.29 is 17.9 Å². The Morgan fingerprint density at radius 3 is 2.67 bits per heavy atom. The molecule has 1 fully saturated rings. The van der Waals surface area contributed by atoms with Crippen molar-refractivity contribution in [1.82, 2.24) is 14.9 Å². The Labute approximate surface area is 208 Å². The molecule has 36 heavy (non-hydrogen) atoms. The van der Waals surface area contributed by atoms with Gasteiger partial charge in [-0.2, -0.15) is 13.2 Å². The number of ether oxygens (including phenoxy) is 1. The lowest BCUT2D eigenvalue weighted by molar-refractivity contribution is -0.137. The van der Waals surface area contributed by atoms with E-state index in [4.69, 9.17) is 4.74 Å². The van der Waals surface area contributed by atoms with Gasteiger partial charge in [-0.3, -0.25) is 0 Å². The number of aromatic amines is 1. The van der Waals surface area contributed by atoms with Crippen LogP contribution >= 0.6 is 0 Å². The van der Waals surface area contributed by atoms with E-state index in [0.717, 1.165) is 60.8 Å². The van der Waals surface area contributed by atoms with E-state index in [-0.39, 0.29) is 0 Å². The highest BCUT2D eigenvalue weighted by molar-refractivity contribution is 6.15. The van der Waals surface area contributed by atoms with Crippen molar-refractivity contribution in [2.45, 2.75) is 32.4 Å². The van der Waals surface area contributed by atoms with Gasteiger partial charge in [0.1, 0.15) is 11.4 Å². The third-order valence-corrected chi connectivity index (χ3v) is 7.22. The summed E-state index contributed by atoms with van der Waals surface area (Å²) < 4.78 is 47.0. The molecular weight excluding hydrogens is 463 g/mol. The number of pyridine rings is 1. The minimum atomic E-state index is -4.48. The van der Waals surface area contributed by atoms with E-state index in [1.807, 2.05) is 43.3 Å². The number of benzene rings is 2. The monoisotopic (exact) mass is 493 g/mol. The van der Waals surface area contributed by atoms with Crippen LogP contribution in [-0.4, -0.2) is 41.6 Å². The molecule has 0 bridgehead atoms. The second kappa shape index (κ2) is 9.62. The van der Waals surface area contributed by atoms with Crippen LogP contribution in [0.4, 0.5) is 13.2 Å². The Bertz CT molecular complexity index is 1410. The number of hydrogen-bond acceptors (Lipinski definition) is 3. The fraction of sp³-hybridized carbons (Fsp3) is 0.345. The highest BCUT2D eigenvalue weighted by Gasteiger charge is 2.32. The minimum absolute atomic E-state index is 0.406. The van der Waals surface area contributed by atoms with Crippen LogP contribution in [0, 0.1) is 5.92 Å². The summed E-state index contributed by atoms with van der Waals surface area (Å²) in [5.41, 5.74) is 4.06. The summed E-state index contributed by atoms with van der Waals surface area (Å²) >= 11 is 0. The van der Waals surface area contributed by atoms with Gasteiger partial charge >= 0.3 is 6.18 Å². The van der Waals surface area contributed by atoms with Gasteiger partial charge in [0.15, 0.2) is 0 Å². The van der Waals surface area contributed by atoms with Gasteiger partial charge in [-0.15, -0.1) is 0 Å². The molecule has 7 heteroatoms. The third-order valence-electron chi connectivity index (χ3n) is 7.22. The number of allylic oxidation sites excluding steroid dienone is 1. The predicted octanol–water partition coefficient (Wildman–Crippen LogP) is 7.55. The van der Waals surface area contributed by atoms with E-state index in [1.54, 1.807) is 0 Å². The first-order valence-electron chi connectivity index (χ1n) is 12.4. The Morgan fingerprint density at radius 2 is 1.94 bits per heavy atom. The SMILES string of the molecule is C=C(CC)c1cccc(-c2ccc(OCC3CCN(C)CC3)c3[nH]c4ncc(C(F)(F)F)cc4c23)c1. The number of likely N-dealkylation sites (tertiary alicyclic amines) is 1. The second-order valence-corrected chi connectivity index (χ2v) is 9.70. The third kappa shape index (κ3) is 4.72. The Kier molecular flexibility index (Phi) is 6.51. The van der Waals surface area contributed by atoms with Gasteiger partial charge in [0.25, 0.3) is 0 Å². The summed E-state index contributed by atoms with van der Waals surface area (Å²) in [6, 6.07) is 13.0. The fourth-order valence-corrected chi connectivity index (χ4v) is 4.92. The molecule has 3 heterocycles. The molecule has 2 aromatic carbocycles. The van der Waals surface area contributed by atoms with Crippen molar-refractivity contribution in [3.05, 3.63) is 66.4 Å². The number of hydrogen-bond donors (Lipinski definition) is 1. The number of aromatic nitrogens is 2. The number of H-pyrrole nitrogens is 1. The van der Waals surface area contributed by atoms with Gasteiger partial charge in [-0.05, 0) is 91.8 Å². The lowest BCUT2D eigenvalue weighted by Crippen LogP contribution is -2.32. The van der Waals surface area contributed by atoms with Crippen LogP contribution in [0.5, 0.6) is 5.75 Å². The van der Waals surface area contributed by atoms with Gasteiger partial charge in [0, 0.05) is 17.0 Å². The molecular formula is C29H30F3N3O. The van der Waals surface area contributed by atoms with E-state index >= 15 is 0 Å². The fourth-order valence-electron chi connectivity index (χ4n) is 4.92. The molecule has 1 aliphatic heterocycles. The quantitative estimate of drug-likeness (QED) is 0.302. The first kappa shape index (κ1) is 24.4. The van der Waals surface area contributed by atoms with Crippen molar-refractivity contribution >= 4 is 27.5 Å². The van der Waals surface area contributed by atoms with Gasteiger partial charge in [0.2, 0.25) is 0 Å². The summed E-state index contributed by atoms with van der Waals surface area (Å²) in [6.07, 6.45) is -0.660. The summed E-state index contributed by atoms with van der Waals surface area (Å²) in [5, 5.41) is 1.11. The number of halogens is 3. The molecule has 4 aromatic rings. The maximum absolute atomic E-state index is 13.6. The number of nitrogens with one attached hydrogen (secondary N) is 1. The van der Waals surface area contributed by atoms with Gasteiger partial charge in [-0.25, -0.2) is 4.98 Å². The standard InChI is InChI=1S/C29H30F3N3O/c1-4-18(2)20-6-5-7-21(14-20)23-8-9-25(36-17-19-10-12-35(3)13-11-19)27-26(23)24-15-22(29(30,31)32)16-33-28(24)34-27/h5-9,14-16,19H,2,4,10-13,17H2,1,3H3,(H,33,34). The van der Waals surface area contributed by atoms with Crippen molar-refractivity contribution in [2.24, 2.45) is 5.92 Å². The zero-order valence-corrected chi connectivity index (χ0v) is 20.6. The molecule has 5 rings (SSSR count).